The molecular weight excluding hydrogens is 348 g/mol. The Balaban J connectivity index is 0.00000338. The Morgan fingerprint density at radius 2 is 1.69 bits per heavy atom. The summed E-state index contributed by atoms with van der Waals surface area (Å²) in [5, 5.41) is 0. The van der Waals surface area contributed by atoms with Crippen molar-refractivity contribution in [2.75, 3.05) is 13.1 Å². The fourth-order valence-electron chi connectivity index (χ4n) is 3.40. The highest BCUT2D eigenvalue weighted by atomic mass is 35.5. The second-order valence-electron chi connectivity index (χ2n) is 8.48. The number of carbonyl (C=O) groups excluding carboxylic acids is 2. The van der Waals surface area contributed by atoms with Gasteiger partial charge in [0.2, 0.25) is 5.91 Å². The number of halogens is 1. The largest absolute Gasteiger partial charge is 0.343 e. The van der Waals surface area contributed by atoms with Gasteiger partial charge in [-0.15, -0.1) is 12.4 Å². The molecule has 2 rings (SSSR count). The van der Waals surface area contributed by atoms with Crippen LogP contribution in [0.5, 0.6) is 0 Å². The molecule has 1 fully saturated rings. The zero-order valence-electron chi connectivity index (χ0n) is 16.5. The molecule has 0 aliphatic carbocycles. The summed E-state index contributed by atoms with van der Waals surface area (Å²) in [6.45, 7) is 9.42. The quantitative estimate of drug-likeness (QED) is 0.762. The van der Waals surface area contributed by atoms with Gasteiger partial charge in [-0.3, -0.25) is 9.59 Å². The van der Waals surface area contributed by atoms with Crippen LogP contribution >= 0.6 is 12.4 Å². The normalized spacial score (nSPS) is 15.7. The maximum absolute atomic E-state index is 12.7. The minimum atomic E-state index is -0.485. The molecular formula is C21H33ClN2O2. The van der Waals surface area contributed by atoms with Crippen LogP contribution in [0, 0.1) is 11.8 Å². The monoisotopic (exact) mass is 380 g/mol. The summed E-state index contributed by atoms with van der Waals surface area (Å²) in [6, 6.07) is 8.04. The average molecular weight is 381 g/mol. The highest BCUT2D eigenvalue weighted by molar-refractivity contribution is 5.98. The fraction of sp³-hybridized carbons (Fsp3) is 0.619. The smallest absolute Gasteiger partial charge is 0.224 e. The Morgan fingerprint density at radius 3 is 2.15 bits per heavy atom. The van der Waals surface area contributed by atoms with Crippen molar-refractivity contribution < 1.29 is 9.59 Å². The first kappa shape index (κ1) is 22.7. The summed E-state index contributed by atoms with van der Waals surface area (Å²) in [6.07, 6.45) is 2.86. The van der Waals surface area contributed by atoms with Gasteiger partial charge in [-0.1, -0.05) is 38.1 Å². The van der Waals surface area contributed by atoms with Crippen molar-refractivity contribution in [3.8, 4) is 0 Å². The lowest BCUT2D eigenvalue weighted by Gasteiger charge is -2.33. The SMILES string of the molecule is CC(C)Cc1ccc(C(=O)C2CCN(C(=O)CC(C)(C)N)CC2)cc1.Cl. The van der Waals surface area contributed by atoms with E-state index < -0.39 is 5.54 Å². The maximum Gasteiger partial charge on any atom is 0.224 e. The van der Waals surface area contributed by atoms with Crippen LogP contribution in [0.4, 0.5) is 0 Å². The molecule has 0 atom stereocenters. The van der Waals surface area contributed by atoms with Gasteiger partial charge in [0.1, 0.15) is 0 Å². The molecule has 0 spiro atoms. The Labute approximate surface area is 163 Å². The summed E-state index contributed by atoms with van der Waals surface area (Å²) >= 11 is 0. The third kappa shape index (κ3) is 6.73. The van der Waals surface area contributed by atoms with Gasteiger partial charge in [-0.25, -0.2) is 0 Å². The van der Waals surface area contributed by atoms with Crippen molar-refractivity contribution in [2.24, 2.45) is 17.6 Å². The number of benzene rings is 1. The Morgan fingerprint density at radius 1 is 1.15 bits per heavy atom. The number of likely N-dealkylation sites (tertiary alicyclic amines) is 1. The van der Waals surface area contributed by atoms with Gasteiger partial charge in [-0.2, -0.15) is 0 Å². The molecule has 146 valence electrons. The van der Waals surface area contributed by atoms with E-state index in [1.807, 2.05) is 30.9 Å². The second kappa shape index (κ2) is 9.52. The minimum absolute atomic E-state index is 0. The van der Waals surface area contributed by atoms with Crippen molar-refractivity contribution in [3.63, 3.8) is 0 Å². The summed E-state index contributed by atoms with van der Waals surface area (Å²) in [4.78, 5) is 26.8. The van der Waals surface area contributed by atoms with E-state index in [-0.39, 0.29) is 30.0 Å². The van der Waals surface area contributed by atoms with Crippen LogP contribution in [-0.2, 0) is 11.2 Å². The number of nitrogens with two attached hydrogens (primary N) is 1. The second-order valence-corrected chi connectivity index (χ2v) is 8.48. The molecule has 5 heteroatoms. The van der Waals surface area contributed by atoms with Gasteiger partial charge in [0, 0.05) is 36.5 Å². The van der Waals surface area contributed by atoms with E-state index in [1.165, 1.54) is 5.56 Å². The van der Waals surface area contributed by atoms with E-state index in [1.54, 1.807) is 0 Å². The lowest BCUT2D eigenvalue weighted by atomic mass is 9.88. The standard InChI is InChI=1S/C21H32N2O2.ClH/c1-15(2)13-16-5-7-17(8-6-16)20(25)18-9-11-23(12-10-18)19(24)14-21(3,4)22;/h5-8,15,18H,9-14,22H2,1-4H3;1H. The Kier molecular flexibility index (Phi) is 8.29. The van der Waals surface area contributed by atoms with Crippen LogP contribution < -0.4 is 5.73 Å². The van der Waals surface area contributed by atoms with Crippen molar-refractivity contribution in [3.05, 3.63) is 35.4 Å². The van der Waals surface area contributed by atoms with Crippen LogP contribution in [0.1, 0.15) is 62.9 Å². The summed E-state index contributed by atoms with van der Waals surface area (Å²) in [7, 11) is 0. The molecule has 1 heterocycles. The molecule has 2 N–H and O–H groups in total. The van der Waals surface area contributed by atoms with Gasteiger partial charge >= 0.3 is 0 Å². The van der Waals surface area contributed by atoms with Crippen molar-refractivity contribution in [1.29, 1.82) is 0 Å². The van der Waals surface area contributed by atoms with Crippen molar-refractivity contribution >= 4 is 24.1 Å². The maximum atomic E-state index is 12.7. The third-order valence-electron chi connectivity index (χ3n) is 4.71. The van der Waals surface area contributed by atoms with Crippen LogP contribution in [-0.4, -0.2) is 35.2 Å². The predicted molar refractivity (Wildman–Crippen MR) is 109 cm³/mol. The van der Waals surface area contributed by atoms with Gasteiger partial charge in [0.25, 0.3) is 0 Å². The molecule has 4 nitrogen and oxygen atoms in total. The average Bonchev–Trinajstić information content (AvgIpc) is 2.53. The Hall–Kier alpha value is -1.39. The summed E-state index contributed by atoms with van der Waals surface area (Å²) < 4.78 is 0. The number of nitrogens with zero attached hydrogens (tertiary/aromatic N) is 1. The van der Waals surface area contributed by atoms with Gasteiger partial charge in [0.05, 0.1) is 0 Å². The molecule has 1 aromatic carbocycles. The first-order valence-corrected chi connectivity index (χ1v) is 9.35. The minimum Gasteiger partial charge on any atom is -0.343 e. The van der Waals surface area contributed by atoms with Crippen LogP contribution in [0.2, 0.25) is 0 Å². The van der Waals surface area contributed by atoms with Crippen molar-refractivity contribution in [1.82, 2.24) is 4.90 Å². The molecule has 0 radical (unpaired) electrons. The topological polar surface area (TPSA) is 63.4 Å². The van der Waals surface area contributed by atoms with E-state index in [0.29, 0.717) is 25.4 Å². The summed E-state index contributed by atoms with van der Waals surface area (Å²) in [5.74, 6) is 0.937. The number of amides is 1. The molecule has 1 amide bonds. The number of hydrogen-bond acceptors (Lipinski definition) is 3. The lowest BCUT2D eigenvalue weighted by Crippen LogP contribution is -2.45. The molecule has 1 aliphatic heterocycles. The molecule has 1 aliphatic rings. The number of carbonyl (C=O) groups is 2. The Bertz CT molecular complexity index is 597. The van der Waals surface area contributed by atoms with Crippen LogP contribution in [0.25, 0.3) is 0 Å². The van der Waals surface area contributed by atoms with E-state index in [0.717, 1.165) is 24.8 Å². The van der Waals surface area contributed by atoms with E-state index >= 15 is 0 Å². The fourth-order valence-corrected chi connectivity index (χ4v) is 3.40. The van der Waals surface area contributed by atoms with E-state index in [4.69, 9.17) is 5.73 Å². The first-order valence-electron chi connectivity index (χ1n) is 9.35. The molecule has 1 aromatic rings. The first-order chi connectivity index (χ1) is 11.7. The number of rotatable bonds is 6. The zero-order valence-corrected chi connectivity index (χ0v) is 17.3. The van der Waals surface area contributed by atoms with Crippen LogP contribution in [0.15, 0.2) is 24.3 Å². The molecule has 0 saturated carbocycles. The van der Waals surface area contributed by atoms with E-state index in [9.17, 15) is 9.59 Å². The number of Topliss-reactive ketones (excluding diaryl/α,β-unsaturated/α-hetero) is 1. The molecule has 26 heavy (non-hydrogen) atoms. The van der Waals surface area contributed by atoms with Gasteiger partial charge in [-0.05, 0) is 44.6 Å². The van der Waals surface area contributed by atoms with Gasteiger partial charge in [0.15, 0.2) is 5.78 Å². The molecule has 1 saturated heterocycles. The van der Waals surface area contributed by atoms with Gasteiger partial charge < -0.3 is 10.6 Å². The van der Waals surface area contributed by atoms with E-state index in [2.05, 4.69) is 26.0 Å². The van der Waals surface area contributed by atoms with Crippen molar-refractivity contribution in [2.45, 2.75) is 58.9 Å². The molecule has 0 unspecified atom stereocenters. The number of hydrogen-bond donors (Lipinski definition) is 1. The molecule has 0 aromatic heterocycles. The van der Waals surface area contributed by atoms with Crippen LogP contribution in [0.3, 0.4) is 0 Å². The number of piperidine rings is 1. The highest BCUT2D eigenvalue weighted by Gasteiger charge is 2.29. The predicted octanol–water partition coefficient (Wildman–Crippen LogP) is 3.86. The lowest BCUT2D eigenvalue weighted by molar-refractivity contribution is -0.133. The highest BCUT2D eigenvalue weighted by Crippen LogP contribution is 2.23. The third-order valence-corrected chi connectivity index (χ3v) is 4.71. The number of ketones is 1. The summed E-state index contributed by atoms with van der Waals surface area (Å²) in [5.41, 5.74) is 7.52. The zero-order chi connectivity index (χ0) is 18.6. The molecule has 0 bridgehead atoms.